The van der Waals surface area contributed by atoms with E-state index in [0.29, 0.717) is 19.3 Å². The van der Waals surface area contributed by atoms with Crippen molar-refractivity contribution in [2.24, 2.45) is 11.7 Å². The molecule has 204 valence electrons. The monoisotopic (exact) mass is 520 g/mol. The van der Waals surface area contributed by atoms with Gasteiger partial charge in [0.1, 0.15) is 12.6 Å². The Morgan fingerprint density at radius 3 is 2.24 bits per heavy atom. The van der Waals surface area contributed by atoms with Gasteiger partial charge in [-0.05, 0) is 63.0 Å². The van der Waals surface area contributed by atoms with Crippen LogP contribution in [0.4, 0.5) is 0 Å². The molecule has 1 saturated heterocycles. The van der Waals surface area contributed by atoms with Crippen LogP contribution in [0.2, 0.25) is 0 Å². The second-order valence-corrected chi connectivity index (χ2v) is 10.6. The Hall–Kier alpha value is -3.03. The Labute approximate surface area is 225 Å². The number of fused-ring (bicyclic) bond motifs is 1. The molecule has 7 nitrogen and oxygen atoms in total. The van der Waals surface area contributed by atoms with Crippen LogP contribution in [0.5, 0.6) is 0 Å². The molecule has 1 aliphatic heterocycles. The summed E-state index contributed by atoms with van der Waals surface area (Å²) < 4.78 is 11.4. The molecule has 7 heteroatoms. The minimum atomic E-state index is -1.63. The van der Waals surface area contributed by atoms with Crippen LogP contribution >= 0.6 is 0 Å². The summed E-state index contributed by atoms with van der Waals surface area (Å²) in [4.78, 5) is 43.6. The molecule has 1 aliphatic carbocycles. The Morgan fingerprint density at radius 1 is 0.974 bits per heavy atom. The molecule has 1 unspecified atom stereocenters. The summed E-state index contributed by atoms with van der Waals surface area (Å²) in [6.45, 7) is 3.65. The van der Waals surface area contributed by atoms with E-state index in [-0.39, 0.29) is 31.0 Å². The van der Waals surface area contributed by atoms with Crippen molar-refractivity contribution in [2.45, 2.75) is 89.1 Å². The zero-order valence-corrected chi connectivity index (χ0v) is 22.5. The van der Waals surface area contributed by atoms with Gasteiger partial charge in [-0.25, -0.2) is 4.79 Å². The van der Waals surface area contributed by atoms with E-state index < -0.39 is 29.6 Å². The smallest absolute Gasteiger partial charge is 0.334 e. The number of hydrogen-bond acceptors (Lipinski definition) is 7. The second-order valence-electron chi connectivity index (χ2n) is 10.6. The lowest BCUT2D eigenvalue weighted by Crippen LogP contribution is -2.66. The zero-order valence-electron chi connectivity index (χ0n) is 22.5. The molecule has 2 aliphatic rings. The SMILES string of the molecule is CCOC(=O)[C@H](CCc1ccccc1)N1[C@H]2CCCC[C@@H]2C[C@@]1(C(=O)OCc1ccccc1)C(=O)C(C)N. The highest BCUT2D eigenvalue weighted by atomic mass is 16.5. The van der Waals surface area contributed by atoms with E-state index >= 15 is 0 Å². The van der Waals surface area contributed by atoms with Gasteiger partial charge in [-0.15, -0.1) is 0 Å². The van der Waals surface area contributed by atoms with Crippen molar-refractivity contribution in [2.75, 3.05) is 6.61 Å². The molecule has 0 aromatic heterocycles. The number of nitrogens with two attached hydrogens (primary N) is 1. The zero-order chi connectivity index (χ0) is 27.1. The van der Waals surface area contributed by atoms with Gasteiger partial charge < -0.3 is 15.2 Å². The van der Waals surface area contributed by atoms with Crippen LogP contribution < -0.4 is 5.73 Å². The van der Waals surface area contributed by atoms with Gasteiger partial charge in [0.25, 0.3) is 0 Å². The average Bonchev–Trinajstić information content (AvgIpc) is 3.28. The average molecular weight is 521 g/mol. The number of esters is 2. The van der Waals surface area contributed by atoms with E-state index in [2.05, 4.69) is 0 Å². The van der Waals surface area contributed by atoms with Gasteiger partial charge in [-0.2, -0.15) is 0 Å². The molecular weight excluding hydrogens is 480 g/mol. The van der Waals surface area contributed by atoms with Crippen molar-refractivity contribution in [1.82, 2.24) is 4.90 Å². The highest BCUT2D eigenvalue weighted by molar-refractivity contribution is 6.11. The van der Waals surface area contributed by atoms with E-state index in [1.807, 2.05) is 65.6 Å². The van der Waals surface area contributed by atoms with E-state index in [1.165, 1.54) is 0 Å². The van der Waals surface area contributed by atoms with Gasteiger partial charge in [0.15, 0.2) is 11.3 Å². The lowest BCUT2D eigenvalue weighted by molar-refractivity contribution is -0.170. The van der Waals surface area contributed by atoms with Gasteiger partial charge in [0.05, 0.1) is 12.6 Å². The van der Waals surface area contributed by atoms with Crippen molar-refractivity contribution in [3.63, 3.8) is 0 Å². The Morgan fingerprint density at radius 2 is 1.61 bits per heavy atom. The fourth-order valence-electron chi connectivity index (χ4n) is 6.35. The first-order chi connectivity index (χ1) is 18.4. The number of carbonyl (C=O) groups is 3. The highest BCUT2D eigenvalue weighted by Gasteiger charge is 2.64. The third-order valence-electron chi connectivity index (χ3n) is 8.04. The summed E-state index contributed by atoms with van der Waals surface area (Å²) >= 11 is 0. The van der Waals surface area contributed by atoms with Crippen LogP contribution in [-0.2, 0) is 36.9 Å². The van der Waals surface area contributed by atoms with E-state index in [1.54, 1.807) is 13.8 Å². The minimum Gasteiger partial charge on any atom is -0.465 e. The van der Waals surface area contributed by atoms with Gasteiger partial charge >= 0.3 is 11.9 Å². The number of aryl methyl sites for hydroxylation is 1. The maximum absolute atomic E-state index is 14.1. The molecular formula is C31H40N2O5. The lowest BCUT2D eigenvalue weighted by Gasteiger charge is -2.43. The quantitative estimate of drug-likeness (QED) is 0.350. The molecule has 2 N–H and O–H groups in total. The Kier molecular flexibility index (Phi) is 9.34. The van der Waals surface area contributed by atoms with Gasteiger partial charge in [-0.1, -0.05) is 73.5 Å². The molecule has 1 saturated carbocycles. The van der Waals surface area contributed by atoms with Gasteiger partial charge in [-0.3, -0.25) is 14.5 Å². The Bertz CT molecular complexity index is 1090. The number of ketones is 1. The van der Waals surface area contributed by atoms with Crippen LogP contribution in [0, 0.1) is 5.92 Å². The molecule has 0 spiro atoms. The van der Waals surface area contributed by atoms with E-state index in [4.69, 9.17) is 15.2 Å². The van der Waals surface area contributed by atoms with Gasteiger partial charge in [0, 0.05) is 6.04 Å². The molecule has 0 amide bonds. The number of carbonyl (C=O) groups excluding carboxylic acids is 3. The van der Waals surface area contributed by atoms with Crippen LogP contribution in [0.1, 0.15) is 63.5 Å². The van der Waals surface area contributed by atoms with Crippen molar-refractivity contribution in [1.29, 1.82) is 0 Å². The first-order valence-electron chi connectivity index (χ1n) is 13.9. The Balaban J connectivity index is 1.75. The molecule has 2 aromatic rings. The van der Waals surface area contributed by atoms with Crippen molar-refractivity contribution in [3.05, 3.63) is 71.8 Å². The summed E-state index contributed by atoms with van der Waals surface area (Å²) in [5.74, 6) is -1.32. The third kappa shape index (κ3) is 5.84. The molecule has 4 rings (SSSR count). The fourth-order valence-corrected chi connectivity index (χ4v) is 6.35. The molecule has 0 bridgehead atoms. The topological polar surface area (TPSA) is 98.9 Å². The van der Waals surface area contributed by atoms with Gasteiger partial charge in [0.2, 0.25) is 0 Å². The standard InChI is InChI=1S/C31H40N2O5/c1-3-37-29(35)27(19-18-23-12-6-4-7-13-23)33-26-17-11-10-16-25(26)20-31(33,28(34)22(2)32)30(36)38-21-24-14-8-5-9-15-24/h4-9,12-15,22,25-27H,3,10-11,16-21,32H2,1-2H3/t22?,25-,26+,27+,31+/m1/s1. The predicted octanol–water partition coefficient (Wildman–Crippen LogP) is 4.21. The van der Waals surface area contributed by atoms with Crippen LogP contribution in [0.25, 0.3) is 0 Å². The molecule has 38 heavy (non-hydrogen) atoms. The van der Waals surface area contributed by atoms with Crippen molar-refractivity contribution in [3.8, 4) is 0 Å². The molecule has 0 radical (unpaired) electrons. The predicted molar refractivity (Wildman–Crippen MR) is 145 cm³/mol. The summed E-state index contributed by atoms with van der Waals surface area (Å²) in [7, 11) is 0. The fraction of sp³-hybridized carbons (Fsp3) is 0.516. The molecule has 1 heterocycles. The number of hydrogen-bond donors (Lipinski definition) is 1. The third-order valence-corrected chi connectivity index (χ3v) is 8.04. The maximum atomic E-state index is 14.1. The summed E-state index contributed by atoms with van der Waals surface area (Å²) in [6, 6.07) is 17.6. The first-order valence-corrected chi connectivity index (χ1v) is 13.9. The largest absolute Gasteiger partial charge is 0.465 e. The molecule has 5 atom stereocenters. The van der Waals surface area contributed by atoms with E-state index in [0.717, 1.165) is 36.8 Å². The first kappa shape index (κ1) is 28.0. The minimum absolute atomic E-state index is 0.0465. The van der Waals surface area contributed by atoms with Crippen molar-refractivity contribution < 1.29 is 23.9 Å². The van der Waals surface area contributed by atoms with Crippen LogP contribution in [-0.4, -0.2) is 52.9 Å². The summed E-state index contributed by atoms with van der Waals surface area (Å²) in [5, 5.41) is 0. The van der Waals surface area contributed by atoms with E-state index in [9.17, 15) is 14.4 Å². The molecule has 2 fully saturated rings. The summed E-state index contributed by atoms with van der Waals surface area (Å²) in [6.07, 6.45) is 5.07. The molecule has 2 aromatic carbocycles. The number of nitrogens with zero attached hydrogens (tertiary/aromatic N) is 1. The lowest BCUT2D eigenvalue weighted by atomic mass is 9.80. The van der Waals surface area contributed by atoms with Crippen molar-refractivity contribution >= 4 is 17.7 Å². The highest BCUT2D eigenvalue weighted by Crippen LogP contribution is 2.48. The second kappa shape index (κ2) is 12.7. The number of ether oxygens (including phenoxy) is 2. The number of benzene rings is 2. The van der Waals surface area contributed by atoms with Crippen LogP contribution in [0.15, 0.2) is 60.7 Å². The number of Topliss-reactive ketones (excluding diaryl/α,β-unsaturated/α-hetero) is 1. The summed E-state index contributed by atoms with van der Waals surface area (Å²) in [5.41, 5.74) is 6.48. The maximum Gasteiger partial charge on any atom is 0.334 e. The number of likely N-dealkylation sites (tertiary alicyclic amines) is 1. The normalized spacial score (nSPS) is 24.7. The number of rotatable bonds is 11. The van der Waals surface area contributed by atoms with Crippen LogP contribution in [0.3, 0.4) is 0 Å².